The summed E-state index contributed by atoms with van der Waals surface area (Å²) in [5, 5.41) is 3.38. The van der Waals surface area contributed by atoms with E-state index >= 15 is 0 Å². The Balaban J connectivity index is 1.89. The van der Waals surface area contributed by atoms with Gasteiger partial charge in [0.2, 0.25) is 5.91 Å². The van der Waals surface area contributed by atoms with Crippen LogP contribution in [0.25, 0.3) is 0 Å². The maximum Gasteiger partial charge on any atom is 0.239 e. The van der Waals surface area contributed by atoms with Gasteiger partial charge in [-0.1, -0.05) is 40.0 Å². The normalized spacial score (nSPS) is 28.1. The van der Waals surface area contributed by atoms with Gasteiger partial charge >= 0.3 is 0 Å². The number of rotatable bonds is 4. The monoisotopic (exact) mass is 252 g/mol. The third-order valence-corrected chi connectivity index (χ3v) is 4.47. The third-order valence-electron chi connectivity index (χ3n) is 4.47. The molecule has 3 nitrogen and oxygen atoms in total. The van der Waals surface area contributed by atoms with Gasteiger partial charge in [-0.2, -0.15) is 0 Å². The Morgan fingerprint density at radius 1 is 1.33 bits per heavy atom. The lowest BCUT2D eigenvalue weighted by molar-refractivity contribution is -0.131. The predicted molar refractivity (Wildman–Crippen MR) is 74.4 cm³/mol. The van der Waals surface area contributed by atoms with Crippen molar-refractivity contribution < 1.29 is 4.79 Å². The Bertz CT molecular complexity index is 295. The summed E-state index contributed by atoms with van der Waals surface area (Å²) in [5.41, 5.74) is 0.376. The van der Waals surface area contributed by atoms with Crippen LogP contribution in [-0.4, -0.2) is 36.0 Å². The molecule has 0 aromatic heterocycles. The SMILES string of the molecule is CC(C)NC1CCN(CC2(C)CCCCC2)C1=O. The molecule has 1 saturated heterocycles. The number of hydrogen-bond acceptors (Lipinski definition) is 2. The molecule has 2 rings (SSSR count). The summed E-state index contributed by atoms with van der Waals surface area (Å²) in [6.07, 6.45) is 7.62. The average Bonchev–Trinajstić information content (AvgIpc) is 2.61. The van der Waals surface area contributed by atoms with Crippen LogP contribution in [0.5, 0.6) is 0 Å². The first-order valence-electron chi connectivity index (χ1n) is 7.55. The maximum absolute atomic E-state index is 12.3. The Morgan fingerprint density at radius 3 is 2.61 bits per heavy atom. The van der Waals surface area contributed by atoms with Crippen molar-refractivity contribution in [3.05, 3.63) is 0 Å². The van der Waals surface area contributed by atoms with Crippen LogP contribution in [0.1, 0.15) is 59.3 Å². The van der Waals surface area contributed by atoms with Crippen LogP contribution in [0.15, 0.2) is 0 Å². The number of nitrogens with zero attached hydrogens (tertiary/aromatic N) is 1. The molecule has 2 aliphatic rings. The van der Waals surface area contributed by atoms with Crippen molar-refractivity contribution in [1.29, 1.82) is 0 Å². The van der Waals surface area contributed by atoms with Gasteiger partial charge in [0.25, 0.3) is 0 Å². The number of likely N-dealkylation sites (tertiary alicyclic amines) is 1. The number of carbonyl (C=O) groups is 1. The maximum atomic E-state index is 12.3. The van der Waals surface area contributed by atoms with Gasteiger partial charge < -0.3 is 10.2 Å². The summed E-state index contributed by atoms with van der Waals surface area (Å²) in [5.74, 6) is 0.329. The molecule has 104 valence electrons. The molecule has 1 aliphatic carbocycles. The minimum Gasteiger partial charge on any atom is -0.341 e. The topological polar surface area (TPSA) is 32.3 Å². The first-order valence-corrected chi connectivity index (χ1v) is 7.55. The molecular weight excluding hydrogens is 224 g/mol. The van der Waals surface area contributed by atoms with Gasteiger partial charge in [-0.05, 0) is 24.7 Å². The molecule has 2 fully saturated rings. The molecule has 0 bridgehead atoms. The van der Waals surface area contributed by atoms with Crippen molar-refractivity contribution in [3.63, 3.8) is 0 Å². The Morgan fingerprint density at radius 2 is 2.00 bits per heavy atom. The van der Waals surface area contributed by atoms with Crippen molar-refractivity contribution in [2.24, 2.45) is 5.41 Å². The molecule has 0 radical (unpaired) electrons. The first kappa shape index (κ1) is 13.9. The molecule has 1 saturated carbocycles. The van der Waals surface area contributed by atoms with E-state index in [0.29, 0.717) is 17.4 Å². The van der Waals surface area contributed by atoms with Gasteiger partial charge in [0.15, 0.2) is 0 Å². The Kier molecular flexibility index (Phi) is 4.31. The van der Waals surface area contributed by atoms with Crippen LogP contribution in [0.2, 0.25) is 0 Å². The van der Waals surface area contributed by atoms with E-state index < -0.39 is 0 Å². The van der Waals surface area contributed by atoms with Crippen LogP contribution in [0.3, 0.4) is 0 Å². The lowest BCUT2D eigenvalue weighted by Crippen LogP contribution is -2.44. The standard InChI is InChI=1S/C15H28N2O/c1-12(2)16-13-7-10-17(14(13)18)11-15(3)8-5-4-6-9-15/h12-13,16H,4-11H2,1-3H3. The van der Waals surface area contributed by atoms with E-state index in [2.05, 4.69) is 31.0 Å². The van der Waals surface area contributed by atoms with Crippen LogP contribution in [-0.2, 0) is 4.79 Å². The van der Waals surface area contributed by atoms with E-state index in [9.17, 15) is 4.79 Å². The van der Waals surface area contributed by atoms with Crippen molar-refractivity contribution in [2.45, 2.75) is 71.4 Å². The van der Waals surface area contributed by atoms with Crippen molar-refractivity contribution in [3.8, 4) is 0 Å². The average molecular weight is 252 g/mol. The van der Waals surface area contributed by atoms with E-state index in [-0.39, 0.29) is 6.04 Å². The molecule has 1 unspecified atom stereocenters. The zero-order chi connectivity index (χ0) is 13.2. The van der Waals surface area contributed by atoms with Crippen LogP contribution < -0.4 is 5.32 Å². The third kappa shape index (κ3) is 3.25. The molecule has 0 aromatic rings. The van der Waals surface area contributed by atoms with E-state index in [1.165, 1.54) is 32.1 Å². The number of hydrogen-bond donors (Lipinski definition) is 1. The lowest BCUT2D eigenvalue weighted by Gasteiger charge is -2.37. The molecule has 1 atom stereocenters. The van der Waals surface area contributed by atoms with E-state index in [1.807, 2.05) is 0 Å². The first-order chi connectivity index (χ1) is 8.50. The minimum absolute atomic E-state index is 0.0668. The molecule has 3 heteroatoms. The van der Waals surface area contributed by atoms with Gasteiger partial charge in [-0.15, -0.1) is 0 Å². The lowest BCUT2D eigenvalue weighted by atomic mass is 9.75. The van der Waals surface area contributed by atoms with Gasteiger partial charge in [-0.3, -0.25) is 4.79 Å². The molecule has 1 heterocycles. The fraction of sp³-hybridized carbons (Fsp3) is 0.933. The van der Waals surface area contributed by atoms with Crippen LogP contribution in [0.4, 0.5) is 0 Å². The highest BCUT2D eigenvalue weighted by molar-refractivity contribution is 5.84. The molecular formula is C15H28N2O. The zero-order valence-electron chi connectivity index (χ0n) is 12.2. The van der Waals surface area contributed by atoms with Gasteiger partial charge in [0.05, 0.1) is 6.04 Å². The largest absolute Gasteiger partial charge is 0.341 e. The predicted octanol–water partition coefficient (Wildman–Crippen LogP) is 2.56. The quantitative estimate of drug-likeness (QED) is 0.834. The fourth-order valence-corrected chi connectivity index (χ4v) is 3.48. The summed E-state index contributed by atoms with van der Waals surface area (Å²) in [6.45, 7) is 8.50. The van der Waals surface area contributed by atoms with Crippen molar-refractivity contribution in [1.82, 2.24) is 10.2 Å². The smallest absolute Gasteiger partial charge is 0.239 e. The molecule has 0 aromatic carbocycles. The highest BCUT2D eigenvalue weighted by atomic mass is 16.2. The molecule has 18 heavy (non-hydrogen) atoms. The summed E-state index contributed by atoms with van der Waals surface area (Å²) in [4.78, 5) is 14.4. The minimum atomic E-state index is 0.0668. The number of amides is 1. The Hall–Kier alpha value is -0.570. The molecule has 0 spiro atoms. The second-order valence-electron chi connectivity index (χ2n) is 6.79. The van der Waals surface area contributed by atoms with Gasteiger partial charge in [0, 0.05) is 19.1 Å². The summed E-state index contributed by atoms with van der Waals surface area (Å²) in [6, 6.07) is 0.460. The number of nitrogens with one attached hydrogen (secondary N) is 1. The van der Waals surface area contributed by atoms with Crippen molar-refractivity contribution in [2.75, 3.05) is 13.1 Å². The summed E-state index contributed by atoms with van der Waals surface area (Å²) < 4.78 is 0. The zero-order valence-corrected chi connectivity index (χ0v) is 12.2. The van der Waals surface area contributed by atoms with E-state index in [0.717, 1.165) is 19.5 Å². The van der Waals surface area contributed by atoms with Crippen LogP contribution >= 0.6 is 0 Å². The summed E-state index contributed by atoms with van der Waals surface area (Å²) >= 11 is 0. The van der Waals surface area contributed by atoms with Gasteiger partial charge in [0.1, 0.15) is 0 Å². The van der Waals surface area contributed by atoms with E-state index in [1.54, 1.807) is 0 Å². The Labute approximate surface area is 111 Å². The van der Waals surface area contributed by atoms with Crippen molar-refractivity contribution >= 4 is 5.91 Å². The number of carbonyl (C=O) groups excluding carboxylic acids is 1. The summed E-state index contributed by atoms with van der Waals surface area (Å²) in [7, 11) is 0. The molecule has 1 amide bonds. The molecule has 1 N–H and O–H groups in total. The second kappa shape index (κ2) is 5.60. The fourth-order valence-electron chi connectivity index (χ4n) is 3.48. The van der Waals surface area contributed by atoms with E-state index in [4.69, 9.17) is 0 Å². The van der Waals surface area contributed by atoms with Crippen LogP contribution in [0, 0.1) is 5.41 Å². The molecule has 1 aliphatic heterocycles. The highest BCUT2D eigenvalue weighted by Crippen LogP contribution is 2.37. The van der Waals surface area contributed by atoms with Gasteiger partial charge in [-0.25, -0.2) is 0 Å². The second-order valence-corrected chi connectivity index (χ2v) is 6.79. The highest BCUT2D eigenvalue weighted by Gasteiger charge is 2.37.